The Morgan fingerprint density at radius 1 is 1.21 bits per heavy atom. The molecule has 1 aromatic carbocycles. The van der Waals surface area contributed by atoms with Crippen LogP contribution in [0.2, 0.25) is 0 Å². The summed E-state index contributed by atoms with van der Waals surface area (Å²) in [7, 11) is 0. The van der Waals surface area contributed by atoms with Crippen molar-refractivity contribution in [1.29, 1.82) is 0 Å². The van der Waals surface area contributed by atoms with Crippen molar-refractivity contribution in [3.8, 4) is 0 Å². The van der Waals surface area contributed by atoms with Gasteiger partial charge in [0.05, 0.1) is 24.9 Å². The summed E-state index contributed by atoms with van der Waals surface area (Å²) in [6.45, 7) is 11.3. The number of nitrogens with two attached hydrogens (primary N) is 1. The summed E-state index contributed by atoms with van der Waals surface area (Å²) >= 11 is 0. The number of aryl methyl sites for hydroxylation is 1. The van der Waals surface area contributed by atoms with Gasteiger partial charge in [-0.1, -0.05) is 29.8 Å². The van der Waals surface area contributed by atoms with E-state index in [9.17, 15) is 0 Å². The van der Waals surface area contributed by atoms with Crippen LogP contribution in [0.25, 0.3) is 0 Å². The highest BCUT2D eigenvalue weighted by Crippen LogP contribution is 2.21. The summed E-state index contributed by atoms with van der Waals surface area (Å²) in [5, 5.41) is 0. The second-order valence-electron chi connectivity index (χ2n) is 6.03. The molecule has 1 aromatic rings. The third-order valence-electron chi connectivity index (χ3n) is 2.76. The van der Waals surface area contributed by atoms with E-state index in [0.717, 1.165) is 5.56 Å². The van der Waals surface area contributed by atoms with E-state index in [-0.39, 0.29) is 17.7 Å². The van der Waals surface area contributed by atoms with Crippen molar-refractivity contribution >= 4 is 0 Å². The fraction of sp³-hybridized carbons (Fsp3) is 0.625. The van der Waals surface area contributed by atoms with Crippen molar-refractivity contribution in [3.05, 3.63) is 35.4 Å². The molecule has 0 fully saturated rings. The molecule has 0 saturated carbocycles. The lowest BCUT2D eigenvalue weighted by Gasteiger charge is -2.24. The Hall–Kier alpha value is -0.900. The van der Waals surface area contributed by atoms with Crippen LogP contribution in [-0.4, -0.2) is 24.9 Å². The van der Waals surface area contributed by atoms with Gasteiger partial charge in [-0.3, -0.25) is 0 Å². The van der Waals surface area contributed by atoms with E-state index in [4.69, 9.17) is 15.2 Å². The first-order valence-corrected chi connectivity index (χ1v) is 6.87. The standard InChI is InChI=1S/C16H27NO2/c1-12-7-6-8-14(11-12)15(13(2)17)18-9-10-19-16(3,4)5/h6-8,11,13,15H,9-10,17H2,1-5H3. The lowest BCUT2D eigenvalue weighted by atomic mass is 10.0. The summed E-state index contributed by atoms with van der Waals surface area (Å²) in [5.74, 6) is 0. The highest BCUT2D eigenvalue weighted by molar-refractivity contribution is 5.25. The smallest absolute Gasteiger partial charge is 0.0974 e. The summed E-state index contributed by atoms with van der Waals surface area (Å²) in [4.78, 5) is 0. The van der Waals surface area contributed by atoms with Crippen LogP contribution in [-0.2, 0) is 9.47 Å². The first kappa shape index (κ1) is 16.2. The van der Waals surface area contributed by atoms with Crippen molar-refractivity contribution in [2.45, 2.75) is 52.4 Å². The summed E-state index contributed by atoms with van der Waals surface area (Å²) in [6.07, 6.45) is -0.0801. The molecule has 0 amide bonds. The minimum Gasteiger partial charge on any atom is -0.373 e. The van der Waals surface area contributed by atoms with E-state index < -0.39 is 0 Å². The van der Waals surface area contributed by atoms with Gasteiger partial charge in [0.15, 0.2) is 0 Å². The van der Waals surface area contributed by atoms with Crippen LogP contribution in [0.1, 0.15) is 44.9 Å². The lowest BCUT2D eigenvalue weighted by Crippen LogP contribution is -2.29. The molecule has 0 saturated heterocycles. The van der Waals surface area contributed by atoms with Gasteiger partial charge in [-0.2, -0.15) is 0 Å². The molecule has 0 radical (unpaired) electrons. The maximum atomic E-state index is 6.02. The molecule has 0 aliphatic heterocycles. The molecule has 3 heteroatoms. The Morgan fingerprint density at radius 3 is 2.42 bits per heavy atom. The Labute approximate surface area is 117 Å². The fourth-order valence-electron chi connectivity index (χ4n) is 1.92. The first-order chi connectivity index (χ1) is 8.79. The molecule has 108 valence electrons. The van der Waals surface area contributed by atoms with Gasteiger partial charge in [0.2, 0.25) is 0 Å². The van der Waals surface area contributed by atoms with Crippen LogP contribution in [0.5, 0.6) is 0 Å². The predicted octanol–water partition coefficient (Wildman–Crippen LogP) is 3.22. The lowest BCUT2D eigenvalue weighted by molar-refractivity contribution is -0.0558. The Morgan fingerprint density at radius 2 is 1.89 bits per heavy atom. The Balaban J connectivity index is 2.55. The molecule has 19 heavy (non-hydrogen) atoms. The third kappa shape index (κ3) is 6.19. The number of hydrogen-bond acceptors (Lipinski definition) is 3. The van der Waals surface area contributed by atoms with Crippen LogP contribution in [0.3, 0.4) is 0 Å². The monoisotopic (exact) mass is 265 g/mol. The maximum Gasteiger partial charge on any atom is 0.0974 e. The molecule has 1 rings (SSSR count). The molecular formula is C16H27NO2. The van der Waals surface area contributed by atoms with Gasteiger partial charge >= 0.3 is 0 Å². The van der Waals surface area contributed by atoms with E-state index in [1.807, 2.05) is 33.8 Å². The predicted molar refractivity (Wildman–Crippen MR) is 79.2 cm³/mol. The van der Waals surface area contributed by atoms with Crippen molar-refractivity contribution in [3.63, 3.8) is 0 Å². The van der Waals surface area contributed by atoms with Gasteiger partial charge in [0.25, 0.3) is 0 Å². The van der Waals surface area contributed by atoms with E-state index in [1.54, 1.807) is 0 Å². The second-order valence-corrected chi connectivity index (χ2v) is 6.03. The van der Waals surface area contributed by atoms with Crippen LogP contribution < -0.4 is 5.73 Å². The fourth-order valence-corrected chi connectivity index (χ4v) is 1.92. The zero-order valence-electron chi connectivity index (χ0n) is 12.8. The minimum atomic E-state index is -0.128. The van der Waals surface area contributed by atoms with E-state index >= 15 is 0 Å². The normalized spacial score (nSPS) is 15.3. The molecule has 2 N–H and O–H groups in total. The van der Waals surface area contributed by atoms with Crippen molar-refractivity contribution < 1.29 is 9.47 Å². The molecular weight excluding hydrogens is 238 g/mol. The average Bonchev–Trinajstić information content (AvgIpc) is 2.26. The van der Waals surface area contributed by atoms with Gasteiger partial charge in [0, 0.05) is 6.04 Å². The molecule has 0 heterocycles. The van der Waals surface area contributed by atoms with Crippen molar-refractivity contribution in [1.82, 2.24) is 0 Å². The number of rotatable bonds is 6. The van der Waals surface area contributed by atoms with E-state index in [1.165, 1.54) is 5.56 Å². The molecule has 0 aliphatic carbocycles. The van der Waals surface area contributed by atoms with Crippen LogP contribution in [0.4, 0.5) is 0 Å². The summed E-state index contributed by atoms with van der Waals surface area (Å²) in [6, 6.07) is 8.25. The van der Waals surface area contributed by atoms with E-state index in [0.29, 0.717) is 13.2 Å². The molecule has 0 spiro atoms. The highest BCUT2D eigenvalue weighted by atomic mass is 16.5. The zero-order chi connectivity index (χ0) is 14.5. The molecule has 2 unspecified atom stereocenters. The molecule has 3 nitrogen and oxygen atoms in total. The Kier molecular flexibility index (Phi) is 5.98. The molecule has 0 aromatic heterocycles. The molecule has 2 atom stereocenters. The Bertz CT molecular complexity index is 383. The van der Waals surface area contributed by atoms with E-state index in [2.05, 4.69) is 25.1 Å². The van der Waals surface area contributed by atoms with Crippen molar-refractivity contribution in [2.24, 2.45) is 5.73 Å². The van der Waals surface area contributed by atoms with Gasteiger partial charge in [-0.15, -0.1) is 0 Å². The van der Waals surface area contributed by atoms with Gasteiger partial charge in [0.1, 0.15) is 0 Å². The minimum absolute atomic E-state index is 0.0450. The highest BCUT2D eigenvalue weighted by Gasteiger charge is 2.17. The number of ether oxygens (including phenoxy) is 2. The van der Waals surface area contributed by atoms with Crippen LogP contribution in [0, 0.1) is 6.92 Å². The first-order valence-electron chi connectivity index (χ1n) is 6.87. The zero-order valence-corrected chi connectivity index (χ0v) is 12.8. The van der Waals surface area contributed by atoms with Crippen molar-refractivity contribution in [2.75, 3.05) is 13.2 Å². The average molecular weight is 265 g/mol. The van der Waals surface area contributed by atoms with Gasteiger partial charge < -0.3 is 15.2 Å². The second kappa shape index (κ2) is 7.04. The number of benzene rings is 1. The quantitative estimate of drug-likeness (QED) is 0.803. The van der Waals surface area contributed by atoms with Crippen LogP contribution in [0.15, 0.2) is 24.3 Å². The number of hydrogen-bond donors (Lipinski definition) is 1. The van der Waals surface area contributed by atoms with Gasteiger partial charge in [-0.25, -0.2) is 0 Å². The molecule has 0 bridgehead atoms. The maximum absolute atomic E-state index is 6.02. The third-order valence-corrected chi connectivity index (χ3v) is 2.76. The van der Waals surface area contributed by atoms with Crippen LogP contribution >= 0.6 is 0 Å². The summed E-state index contributed by atoms with van der Waals surface area (Å²) < 4.78 is 11.5. The summed E-state index contributed by atoms with van der Waals surface area (Å²) in [5.41, 5.74) is 8.24. The topological polar surface area (TPSA) is 44.5 Å². The largest absolute Gasteiger partial charge is 0.373 e. The van der Waals surface area contributed by atoms with Gasteiger partial charge in [-0.05, 0) is 40.2 Å². The SMILES string of the molecule is Cc1cccc(C(OCCOC(C)(C)C)C(C)N)c1. The molecule has 0 aliphatic rings.